The highest BCUT2D eigenvalue weighted by Crippen LogP contribution is 2.17. The average Bonchev–Trinajstić information content (AvgIpc) is 1.87. The Labute approximate surface area is 86.9 Å². The third kappa shape index (κ3) is 5.37. The summed E-state index contributed by atoms with van der Waals surface area (Å²) < 4.78 is 5.25. The van der Waals surface area contributed by atoms with Gasteiger partial charge in [0, 0.05) is 0 Å². The van der Waals surface area contributed by atoms with Crippen molar-refractivity contribution in [2.45, 2.75) is 35.7 Å². The van der Waals surface area contributed by atoms with Gasteiger partial charge in [0.05, 0.1) is 12.2 Å². The van der Waals surface area contributed by atoms with Gasteiger partial charge in [0.15, 0.2) is 0 Å². The van der Waals surface area contributed by atoms with Crippen molar-refractivity contribution in [3.63, 3.8) is 0 Å². The van der Waals surface area contributed by atoms with E-state index in [2.05, 4.69) is 0 Å². The van der Waals surface area contributed by atoms with Crippen LogP contribution in [0.3, 0.4) is 0 Å². The molecule has 68 valence electrons. The second-order valence-electron chi connectivity index (χ2n) is 2.22. The Morgan fingerprint density at radius 2 is 1.09 bits per heavy atom. The van der Waals surface area contributed by atoms with Crippen molar-refractivity contribution in [3.8, 4) is 0 Å². The third-order valence-corrected chi connectivity index (χ3v) is 2.56. The lowest BCUT2D eigenvalue weighted by atomic mass is 10.4. The quantitative estimate of drug-likeness (QED) is 0.684. The van der Waals surface area contributed by atoms with Crippen LogP contribution in [0.15, 0.2) is 0 Å². The van der Waals surface area contributed by atoms with E-state index in [1.54, 1.807) is 13.8 Å². The van der Waals surface area contributed by atoms with E-state index in [0.717, 1.165) is 0 Å². The van der Waals surface area contributed by atoms with Crippen molar-refractivity contribution in [2.75, 3.05) is 0 Å². The van der Waals surface area contributed by atoms with E-state index in [1.807, 2.05) is 0 Å². The molecular formula is C6H10Cl4O. The molecule has 0 saturated heterocycles. The highest BCUT2D eigenvalue weighted by Gasteiger charge is 2.18. The Morgan fingerprint density at radius 1 is 0.818 bits per heavy atom. The second kappa shape index (κ2) is 5.71. The van der Waals surface area contributed by atoms with Crippen LogP contribution in [-0.2, 0) is 4.74 Å². The lowest BCUT2D eigenvalue weighted by molar-refractivity contribution is 0.0236. The fourth-order valence-electron chi connectivity index (χ4n) is 0.457. The van der Waals surface area contributed by atoms with Gasteiger partial charge in [-0.15, -0.1) is 46.4 Å². The van der Waals surface area contributed by atoms with Crippen molar-refractivity contribution >= 4 is 46.4 Å². The predicted molar refractivity (Wildman–Crippen MR) is 51.0 cm³/mol. The van der Waals surface area contributed by atoms with Gasteiger partial charge >= 0.3 is 0 Å². The molecule has 0 amide bonds. The minimum Gasteiger partial charge on any atom is -0.370 e. The van der Waals surface area contributed by atoms with E-state index >= 15 is 0 Å². The molecule has 0 aromatic rings. The summed E-state index contributed by atoms with van der Waals surface area (Å²) in [6, 6.07) is 0. The SMILES string of the molecule is CC(OC(C)C(Cl)Cl)C(Cl)Cl. The molecule has 0 fully saturated rings. The van der Waals surface area contributed by atoms with Crippen LogP contribution in [0.2, 0.25) is 0 Å². The highest BCUT2D eigenvalue weighted by atomic mass is 35.5. The average molecular weight is 240 g/mol. The molecule has 0 radical (unpaired) electrons. The Balaban J connectivity index is 3.66. The first-order chi connectivity index (χ1) is 4.95. The summed E-state index contributed by atoms with van der Waals surface area (Å²) >= 11 is 22.1. The van der Waals surface area contributed by atoms with Crippen LogP contribution >= 0.6 is 46.4 Å². The van der Waals surface area contributed by atoms with Crippen LogP contribution in [0.25, 0.3) is 0 Å². The minimum absolute atomic E-state index is 0.256. The lowest BCUT2D eigenvalue weighted by Crippen LogP contribution is -2.26. The van der Waals surface area contributed by atoms with E-state index in [0.29, 0.717) is 0 Å². The minimum atomic E-state index is -0.551. The monoisotopic (exact) mass is 238 g/mol. The van der Waals surface area contributed by atoms with Gasteiger partial charge in [0.2, 0.25) is 0 Å². The van der Waals surface area contributed by atoms with E-state index < -0.39 is 9.67 Å². The number of ether oxygens (including phenoxy) is 1. The normalized spacial score (nSPS) is 17.5. The molecule has 0 saturated carbocycles. The topological polar surface area (TPSA) is 9.23 Å². The van der Waals surface area contributed by atoms with Crippen molar-refractivity contribution in [1.82, 2.24) is 0 Å². The summed E-state index contributed by atoms with van der Waals surface area (Å²) in [7, 11) is 0. The molecule has 2 atom stereocenters. The summed E-state index contributed by atoms with van der Waals surface area (Å²) in [6.45, 7) is 3.52. The first-order valence-corrected chi connectivity index (χ1v) is 4.91. The molecule has 0 aliphatic heterocycles. The Hall–Kier alpha value is 1.12. The molecular weight excluding hydrogens is 230 g/mol. The van der Waals surface area contributed by atoms with Crippen molar-refractivity contribution in [1.29, 1.82) is 0 Å². The van der Waals surface area contributed by atoms with Crippen LogP contribution in [0.1, 0.15) is 13.8 Å². The van der Waals surface area contributed by atoms with Gasteiger partial charge in [-0.2, -0.15) is 0 Å². The summed E-state index contributed by atoms with van der Waals surface area (Å²) in [4.78, 5) is -1.10. The van der Waals surface area contributed by atoms with E-state index in [4.69, 9.17) is 51.1 Å². The van der Waals surface area contributed by atoms with Crippen LogP contribution in [0.4, 0.5) is 0 Å². The zero-order chi connectivity index (χ0) is 9.02. The van der Waals surface area contributed by atoms with E-state index in [9.17, 15) is 0 Å². The molecule has 2 unspecified atom stereocenters. The maximum atomic E-state index is 5.53. The Morgan fingerprint density at radius 3 is 1.27 bits per heavy atom. The summed E-state index contributed by atoms with van der Waals surface area (Å²) in [6.07, 6.45) is -0.512. The summed E-state index contributed by atoms with van der Waals surface area (Å²) in [5.41, 5.74) is 0. The predicted octanol–water partition coefficient (Wildman–Crippen LogP) is 3.39. The van der Waals surface area contributed by atoms with Crippen LogP contribution in [0.5, 0.6) is 0 Å². The van der Waals surface area contributed by atoms with Crippen LogP contribution < -0.4 is 0 Å². The summed E-state index contributed by atoms with van der Waals surface area (Å²) in [5, 5.41) is 0. The van der Waals surface area contributed by atoms with Gasteiger partial charge in [-0.05, 0) is 13.8 Å². The number of alkyl halides is 4. The van der Waals surface area contributed by atoms with E-state index in [-0.39, 0.29) is 12.2 Å². The molecule has 0 heterocycles. The van der Waals surface area contributed by atoms with Gasteiger partial charge in [-0.3, -0.25) is 0 Å². The first-order valence-electron chi connectivity index (χ1n) is 3.17. The second-order valence-corrected chi connectivity index (χ2v) is 4.54. The molecule has 11 heavy (non-hydrogen) atoms. The molecule has 0 rings (SSSR count). The molecule has 0 bridgehead atoms. The van der Waals surface area contributed by atoms with Crippen molar-refractivity contribution in [3.05, 3.63) is 0 Å². The Kier molecular flexibility index (Phi) is 6.29. The van der Waals surface area contributed by atoms with Crippen LogP contribution in [0, 0.1) is 0 Å². The van der Waals surface area contributed by atoms with Gasteiger partial charge in [0.1, 0.15) is 9.67 Å². The lowest BCUT2D eigenvalue weighted by Gasteiger charge is -2.20. The van der Waals surface area contributed by atoms with Crippen molar-refractivity contribution in [2.24, 2.45) is 0 Å². The summed E-state index contributed by atoms with van der Waals surface area (Å²) in [5.74, 6) is 0. The molecule has 0 aliphatic carbocycles. The molecule has 0 aromatic heterocycles. The fourth-order valence-corrected chi connectivity index (χ4v) is 0.695. The zero-order valence-corrected chi connectivity index (χ0v) is 9.25. The molecule has 0 aromatic carbocycles. The maximum Gasteiger partial charge on any atom is 0.133 e. The Bertz CT molecular complexity index is 94.8. The molecule has 5 heteroatoms. The molecule has 1 nitrogen and oxygen atoms in total. The highest BCUT2D eigenvalue weighted by molar-refractivity contribution is 6.45. The van der Waals surface area contributed by atoms with Gasteiger partial charge in [-0.25, -0.2) is 0 Å². The maximum absolute atomic E-state index is 5.53. The van der Waals surface area contributed by atoms with Gasteiger partial charge in [0.25, 0.3) is 0 Å². The van der Waals surface area contributed by atoms with Crippen LogP contribution in [-0.4, -0.2) is 21.9 Å². The number of hydrogen-bond acceptors (Lipinski definition) is 1. The van der Waals surface area contributed by atoms with Gasteiger partial charge < -0.3 is 4.74 Å². The standard InChI is InChI=1S/C6H10Cl4O/c1-3(5(7)8)11-4(2)6(9)10/h3-6H,1-2H3. The smallest absolute Gasteiger partial charge is 0.133 e. The first kappa shape index (κ1) is 12.1. The largest absolute Gasteiger partial charge is 0.370 e. The molecule has 0 aliphatic rings. The third-order valence-electron chi connectivity index (χ3n) is 1.14. The van der Waals surface area contributed by atoms with Crippen molar-refractivity contribution < 1.29 is 4.74 Å². The fraction of sp³-hybridized carbons (Fsp3) is 1.00. The van der Waals surface area contributed by atoms with Gasteiger partial charge in [-0.1, -0.05) is 0 Å². The van der Waals surface area contributed by atoms with E-state index in [1.165, 1.54) is 0 Å². The number of halogens is 4. The number of rotatable bonds is 4. The number of hydrogen-bond donors (Lipinski definition) is 0. The zero-order valence-electron chi connectivity index (χ0n) is 6.23. The molecule has 0 spiro atoms. The molecule has 0 N–H and O–H groups in total.